The van der Waals surface area contributed by atoms with Crippen molar-refractivity contribution in [3.63, 3.8) is 0 Å². The number of amides is 1. The first kappa shape index (κ1) is 23.8. The summed E-state index contributed by atoms with van der Waals surface area (Å²) in [6.07, 6.45) is 1.62. The smallest absolute Gasteiger partial charge is 0.308 e. The van der Waals surface area contributed by atoms with Gasteiger partial charge in [0.2, 0.25) is 0 Å². The Labute approximate surface area is 207 Å². The minimum atomic E-state index is -0.241. The van der Waals surface area contributed by atoms with E-state index in [0.29, 0.717) is 55.6 Å². The summed E-state index contributed by atoms with van der Waals surface area (Å²) in [5, 5.41) is 9.54. The number of aromatic amines is 1. The van der Waals surface area contributed by atoms with Gasteiger partial charge in [-0.05, 0) is 42.0 Å². The number of cyclic esters (lactones) is 1. The van der Waals surface area contributed by atoms with Crippen LogP contribution in [0.1, 0.15) is 28.0 Å². The van der Waals surface area contributed by atoms with Crippen molar-refractivity contribution in [2.45, 2.75) is 19.1 Å². The maximum Gasteiger partial charge on any atom is 0.308 e. The van der Waals surface area contributed by atoms with Crippen molar-refractivity contribution in [2.24, 2.45) is 11.6 Å². The number of nitrogens with two attached hydrogens (primary N) is 2. The number of carbonyl (C=O) groups excluding carboxylic acids is 2. The molecule has 36 heavy (non-hydrogen) atoms. The Morgan fingerprint density at radius 2 is 2.00 bits per heavy atom. The van der Waals surface area contributed by atoms with Crippen molar-refractivity contribution in [1.82, 2.24) is 15.1 Å². The van der Waals surface area contributed by atoms with E-state index in [0.717, 1.165) is 16.5 Å². The number of hydrogen-bond acceptors (Lipinski definition) is 9. The molecule has 0 unspecified atom stereocenters. The van der Waals surface area contributed by atoms with Crippen LogP contribution in [0.3, 0.4) is 0 Å². The number of nitrogens with one attached hydrogen (secondary N) is 1. The highest BCUT2D eigenvalue weighted by Gasteiger charge is 2.24. The standard InChI is InChI=1S/C25H28N6O5/c26-21(13-31(27)18-4-2-17(3-5-18)25(33)30-7-9-34-10-8-30)24-20-11-16(1-6-22(20)28-29-24)14-35-19-12-23(32)36-15-19/h1-6,11,13,19H,7-10,12,14-15,26-27H2,(H,28,29)/b21-13-/t19-/m1/s1. The zero-order valence-corrected chi connectivity index (χ0v) is 19.7. The van der Waals surface area contributed by atoms with Crippen LogP contribution in [-0.4, -0.2) is 66.0 Å². The number of hydrogen-bond donors (Lipinski definition) is 3. The van der Waals surface area contributed by atoms with Gasteiger partial charge in [-0.2, -0.15) is 5.10 Å². The summed E-state index contributed by atoms with van der Waals surface area (Å²) >= 11 is 0. The van der Waals surface area contributed by atoms with E-state index in [9.17, 15) is 9.59 Å². The number of fused-ring (bicyclic) bond motifs is 1. The molecule has 3 aromatic rings. The van der Waals surface area contributed by atoms with Crippen LogP contribution in [0.15, 0.2) is 48.7 Å². The number of anilines is 1. The fraction of sp³-hybridized carbons (Fsp3) is 0.320. The van der Waals surface area contributed by atoms with Gasteiger partial charge in [0, 0.05) is 30.2 Å². The van der Waals surface area contributed by atoms with Crippen molar-refractivity contribution in [2.75, 3.05) is 37.9 Å². The van der Waals surface area contributed by atoms with E-state index in [-0.39, 0.29) is 31.0 Å². The molecule has 2 aliphatic rings. The molecule has 1 amide bonds. The average molecular weight is 493 g/mol. The van der Waals surface area contributed by atoms with E-state index in [4.69, 9.17) is 25.8 Å². The van der Waals surface area contributed by atoms with Gasteiger partial charge in [-0.1, -0.05) is 6.07 Å². The van der Waals surface area contributed by atoms with E-state index >= 15 is 0 Å². The van der Waals surface area contributed by atoms with Gasteiger partial charge in [-0.25, -0.2) is 5.84 Å². The van der Waals surface area contributed by atoms with E-state index < -0.39 is 0 Å². The van der Waals surface area contributed by atoms with Gasteiger partial charge in [0.25, 0.3) is 5.91 Å². The molecule has 2 fully saturated rings. The number of morpholine rings is 1. The second-order valence-electron chi connectivity index (χ2n) is 8.72. The van der Waals surface area contributed by atoms with Gasteiger partial charge in [0.1, 0.15) is 18.4 Å². The third-order valence-electron chi connectivity index (χ3n) is 6.20. The Hall–Kier alpha value is -3.93. The monoisotopic (exact) mass is 492 g/mol. The van der Waals surface area contributed by atoms with Crippen molar-refractivity contribution < 1.29 is 23.8 Å². The van der Waals surface area contributed by atoms with Crippen LogP contribution in [0.25, 0.3) is 16.6 Å². The molecular weight excluding hydrogens is 464 g/mol. The molecule has 2 aliphatic heterocycles. The number of esters is 1. The molecule has 2 aromatic carbocycles. The zero-order chi connectivity index (χ0) is 25.1. The molecule has 0 aliphatic carbocycles. The summed E-state index contributed by atoms with van der Waals surface area (Å²) in [5.74, 6) is 5.97. The summed E-state index contributed by atoms with van der Waals surface area (Å²) in [5.41, 5.74) is 10.3. The summed E-state index contributed by atoms with van der Waals surface area (Å²) in [6, 6.07) is 12.8. The highest BCUT2D eigenvalue weighted by atomic mass is 16.6. The second kappa shape index (κ2) is 10.4. The Morgan fingerprint density at radius 3 is 2.72 bits per heavy atom. The average Bonchev–Trinajstić information content (AvgIpc) is 3.53. The number of nitrogens with zero attached hydrogens (tertiary/aromatic N) is 3. The minimum absolute atomic E-state index is 0.0293. The minimum Gasteiger partial charge on any atom is -0.463 e. The quantitative estimate of drug-likeness (QED) is 0.253. The number of rotatable bonds is 7. The van der Waals surface area contributed by atoms with E-state index in [2.05, 4.69) is 10.2 Å². The van der Waals surface area contributed by atoms with Gasteiger partial charge in [0.05, 0.1) is 43.1 Å². The Bertz CT molecular complexity index is 1280. The second-order valence-corrected chi connectivity index (χ2v) is 8.72. The fourth-order valence-corrected chi connectivity index (χ4v) is 4.19. The number of benzene rings is 2. The molecule has 5 rings (SSSR count). The Morgan fingerprint density at radius 1 is 1.22 bits per heavy atom. The molecule has 5 N–H and O–H groups in total. The Kier molecular flexibility index (Phi) is 6.85. The van der Waals surface area contributed by atoms with Gasteiger partial charge in [-0.15, -0.1) is 0 Å². The van der Waals surface area contributed by atoms with E-state index in [1.165, 1.54) is 5.01 Å². The van der Waals surface area contributed by atoms with Crippen LogP contribution in [-0.2, 0) is 25.6 Å². The summed E-state index contributed by atoms with van der Waals surface area (Å²) < 4.78 is 16.0. The van der Waals surface area contributed by atoms with E-state index in [1.807, 2.05) is 18.2 Å². The Balaban J connectivity index is 1.28. The molecule has 1 aromatic heterocycles. The maximum atomic E-state index is 12.7. The van der Waals surface area contributed by atoms with Crippen molar-refractivity contribution in [3.05, 3.63) is 65.5 Å². The molecule has 2 saturated heterocycles. The van der Waals surface area contributed by atoms with Crippen molar-refractivity contribution in [1.29, 1.82) is 0 Å². The van der Waals surface area contributed by atoms with Crippen LogP contribution in [0, 0.1) is 0 Å². The first-order valence-corrected chi connectivity index (χ1v) is 11.7. The van der Waals surface area contributed by atoms with Crippen LogP contribution in [0.4, 0.5) is 5.69 Å². The van der Waals surface area contributed by atoms with E-state index in [1.54, 1.807) is 35.4 Å². The lowest BCUT2D eigenvalue weighted by molar-refractivity contribution is -0.137. The molecule has 0 bridgehead atoms. The van der Waals surface area contributed by atoms with Crippen molar-refractivity contribution >= 4 is 34.2 Å². The molecular formula is C25H28N6O5. The topological polar surface area (TPSA) is 149 Å². The predicted octanol–water partition coefficient (Wildman–Crippen LogP) is 1.50. The summed E-state index contributed by atoms with van der Waals surface area (Å²) in [4.78, 5) is 25.7. The number of carbonyl (C=O) groups is 2. The zero-order valence-electron chi connectivity index (χ0n) is 19.7. The number of ether oxygens (including phenoxy) is 3. The number of aromatic nitrogens is 2. The number of hydrazine groups is 1. The number of H-pyrrole nitrogens is 1. The molecule has 188 valence electrons. The third-order valence-corrected chi connectivity index (χ3v) is 6.20. The van der Waals surface area contributed by atoms with Gasteiger partial charge < -0.3 is 24.8 Å². The summed E-state index contributed by atoms with van der Waals surface area (Å²) in [6.45, 7) is 2.90. The molecule has 0 radical (unpaired) electrons. The molecule has 11 heteroatoms. The first-order valence-electron chi connectivity index (χ1n) is 11.7. The van der Waals surface area contributed by atoms with Gasteiger partial charge in [-0.3, -0.25) is 19.7 Å². The third kappa shape index (κ3) is 5.18. The van der Waals surface area contributed by atoms with Crippen LogP contribution in [0.2, 0.25) is 0 Å². The van der Waals surface area contributed by atoms with Crippen LogP contribution >= 0.6 is 0 Å². The SMILES string of the molecule is N/C(=C\N(N)c1ccc(C(=O)N2CCOCC2)cc1)c1n[nH]c2ccc(CO[C@H]3COC(=O)C3)cc12. The van der Waals surface area contributed by atoms with Gasteiger partial charge >= 0.3 is 5.97 Å². The lowest BCUT2D eigenvalue weighted by Crippen LogP contribution is -2.40. The largest absolute Gasteiger partial charge is 0.463 e. The normalized spacial score (nSPS) is 18.5. The predicted molar refractivity (Wildman–Crippen MR) is 132 cm³/mol. The van der Waals surface area contributed by atoms with Crippen LogP contribution in [0.5, 0.6) is 0 Å². The lowest BCUT2D eigenvalue weighted by atomic mass is 10.1. The molecule has 11 nitrogen and oxygen atoms in total. The highest BCUT2D eigenvalue weighted by molar-refractivity contribution is 5.95. The van der Waals surface area contributed by atoms with Crippen LogP contribution < -0.4 is 16.6 Å². The lowest BCUT2D eigenvalue weighted by Gasteiger charge is -2.27. The molecule has 0 spiro atoms. The fourth-order valence-electron chi connectivity index (χ4n) is 4.19. The van der Waals surface area contributed by atoms with Gasteiger partial charge in [0.15, 0.2) is 0 Å². The van der Waals surface area contributed by atoms with Crippen molar-refractivity contribution in [3.8, 4) is 0 Å². The molecule has 0 saturated carbocycles. The molecule has 1 atom stereocenters. The maximum absolute atomic E-state index is 12.7. The highest BCUT2D eigenvalue weighted by Crippen LogP contribution is 2.24. The first-order chi connectivity index (χ1) is 17.5. The molecule has 3 heterocycles. The summed E-state index contributed by atoms with van der Waals surface area (Å²) in [7, 11) is 0.